The van der Waals surface area contributed by atoms with E-state index in [1.807, 2.05) is 42.3 Å². The third-order valence-electron chi connectivity index (χ3n) is 4.25. The molecule has 0 heterocycles. The molecule has 1 aromatic carbocycles. The summed E-state index contributed by atoms with van der Waals surface area (Å²) in [6, 6.07) is 9.57. The van der Waals surface area contributed by atoms with E-state index in [2.05, 4.69) is 0 Å². The summed E-state index contributed by atoms with van der Waals surface area (Å²) in [5, 5.41) is 0. The van der Waals surface area contributed by atoms with Gasteiger partial charge in [-0.3, -0.25) is 4.79 Å². The van der Waals surface area contributed by atoms with E-state index in [0.717, 1.165) is 12.1 Å². The number of hydrogen-bond acceptors (Lipinski definition) is 2. The fraction of sp³-hybridized carbons (Fsp3) is 0.588. The molecule has 0 saturated heterocycles. The van der Waals surface area contributed by atoms with Crippen molar-refractivity contribution in [2.45, 2.75) is 44.6 Å². The van der Waals surface area contributed by atoms with Gasteiger partial charge in [-0.2, -0.15) is 0 Å². The molecule has 0 bridgehead atoms. The lowest BCUT2D eigenvalue weighted by atomic mass is 9.89. The van der Waals surface area contributed by atoms with Crippen molar-refractivity contribution in [3.63, 3.8) is 0 Å². The second-order valence-electron chi connectivity index (χ2n) is 6.02. The first-order valence-corrected chi connectivity index (χ1v) is 7.71. The van der Waals surface area contributed by atoms with Crippen LogP contribution in [0.25, 0.3) is 0 Å². The van der Waals surface area contributed by atoms with E-state index in [0.29, 0.717) is 12.3 Å². The molecule has 118 valence electrons. The van der Waals surface area contributed by atoms with Crippen LogP contribution in [0.1, 0.15) is 37.7 Å². The summed E-state index contributed by atoms with van der Waals surface area (Å²) in [5.74, 6) is 0.737. The maximum absolute atomic E-state index is 12.3. The molecule has 1 aliphatic rings. The predicted octanol–water partition coefficient (Wildman–Crippen LogP) is 3.02. The van der Waals surface area contributed by atoms with Gasteiger partial charge in [0.2, 0.25) is 5.91 Å². The molecule has 1 aromatic rings. The highest BCUT2D eigenvalue weighted by molar-refractivity contribution is 5.85. The standard InChI is InChI=1S/C17H26N2O.ClH/c1-19(13-15-10-6-3-7-11-15)17(20)16(18)12-14-8-4-2-5-9-14;/h2,4-5,8-9,15-16H,3,6-7,10-13,18H2,1H3;1H. The molecule has 0 spiro atoms. The van der Waals surface area contributed by atoms with E-state index in [1.54, 1.807) is 0 Å². The van der Waals surface area contributed by atoms with Crippen molar-refractivity contribution in [1.29, 1.82) is 0 Å². The highest BCUT2D eigenvalue weighted by Gasteiger charge is 2.22. The number of carbonyl (C=O) groups is 1. The molecule has 3 nitrogen and oxygen atoms in total. The van der Waals surface area contributed by atoms with E-state index >= 15 is 0 Å². The zero-order chi connectivity index (χ0) is 14.4. The Hall–Kier alpha value is -1.06. The number of halogens is 1. The predicted molar refractivity (Wildman–Crippen MR) is 89.6 cm³/mol. The second-order valence-corrected chi connectivity index (χ2v) is 6.02. The highest BCUT2D eigenvalue weighted by Crippen LogP contribution is 2.24. The molecule has 21 heavy (non-hydrogen) atoms. The smallest absolute Gasteiger partial charge is 0.239 e. The Balaban J connectivity index is 0.00000220. The van der Waals surface area contributed by atoms with Crippen LogP contribution in [-0.4, -0.2) is 30.4 Å². The Morgan fingerprint density at radius 1 is 1.24 bits per heavy atom. The number of amides is 1. The molecule has 0 radical (unpaired) electrons. The summed E-state index contributed by atoms with van der Waals surface area (Å²) < 4.78 is 0. The van der Waals surface area contributed by atoms with Crippen LogP contribution in [-0.2, 0) is 11.2 Å². The Labute approximate surface area is 134 Å². The van der Waals surface area contributed by atoms with Crippen molar-refractivity contribution in [1.82, 2.24) is 4.90 Å². The summed E-state index contributed by atoms with van der Waals surface area (Å²) in [6.07, 6.45) is 7.10. The van der Waals surface area contributed by atoms with Crippen LogP contribution >= 0.6 is 12.4 Å². The van der Waals surface area contributed by atoms with E-state index in [4.69, 9.17) is 5.73 Å². The molecule has 2 N–H and O–H groups in total. The van der Waals surface area contributed by atoms with Crippen molar-refractivity contribution >= 4 is 18.3 Å². The highest BCUT2D eigenvalue weighted by atomic mass is 35.5. The quantitative estimate of drug-likeness (QED) is 0.908. The zero-order valence-electron chi connectivity index (χ0n) is 12.8. The van der Waals surface area contributed by atoms with Crippen molar-refractivity contribution < 1.29 is 4.79 Å². The summed E-state index contributed by atoms with van der Waals surface area (Å²) in [7, 11) is 1.89. The lowest BCUT2D eigenvalue weighted by molar-refractivity contribution is -0.132. The second kappa shape index (κ2) is 9.06. The Morgan fingerprint density at radius 2 is 1.86 bits per heavy atom. The number of carbonyl (C=O) groups excluding carboxylic acids is 1. The van der Waals surface area contributed by atoms with Crippen molar-refractivity contribution in [3.8, 4) is 0 Å². The van der Waals surface area contributed by atoms with Crippen LogP contribution in [0.4, 0.5) is 0 Å². The molecule has 1 atom stereocenters. The minimum absolute atomic E-state index is 0. The number of hydrogen-bond donors (Lipinski definition) is 1. The molecule has 1 amide bonds. The van der Waals surface area contributed by atoms with Crippen LogP contribution in [0.15, 0.2) is 30.3 Å². The maximum Gasteiger partial charge on any atom is 0.239 e. The molecule has 1 fully saturated rings. The largest absolute Gasteiger partial charge is 0.344 e. The van der Waals surface area contributed by atoms with Crippen molar-refractivity contribution in [2.75, 3.05) is 13.6 Å². The van der Waals surface area contributed by atoms with Gasteiger partial charge in [-0.25, -0.2) is 0 Å². The first-order valence-electron chi connectivity index (χ1n) is 7.71. The number of nitrogens with two attached hydrogens (primary N) is 1. The molecule has 0 aromatic heterocycles. The van der Waals surface area contributed by atoms with Crippen LogP contribution in [0, 0.1) is 5.92 Å². The van der Waals surface area contributed by atoms with Gasteiger partial charge in [0.25, 0.3) is 0 Å². The van der Waals surface area contributed by atoms with Gasteiger partial charge in [-0.15, -0.1) is 12.4 Å². The van der Waals surface area contributed by atoms with Gasteiger partial charge >= 0.3 is 0 Å². The van der Waals surface area contributed by atoms with Crippen molar-refractivity contribution in [2.24, 2.45) is 11.7 Å². The minimum Gasteiger partial charge on any atom is -0.344 e. The van der Waals surface area contributed by atoms with E-state index in [1.165, 1.54) is 32.1 Å². The van der Waals surface area contributed by atoms with Crippen LogP contribution < -0.4 is 5.73 Å². The molecular formula is C17H27ClN2O. The van der Waals surface area contributed by atoms with Crippen LogP contribution in [0.3, 0.4) is 0 Å². The van der Waals surface area contributed by atoms with E-state index < -0.39 is 6.04 Å². The molecule has 1 unspecified atom stereocenters. The SMILES string of the molecule is CN(CC1CCCCC1)C(=O)C(N)Cc1ccccc1.Cl. The van der Waals surface area contributed by atoms with Gasteiger partial charge in [0.15, 0.2) is 0 Å². The average molecular weight is 311 g/mol. The summed E-state index contributed by atoms with van der Waals surface area (Å²) >= 11 is 0. The summed E-state index contributed by atoms with van der Waals surface area (Å²) in [5.41, 5.74) is 7.19. The molecule has 1 aliphatic carbocycles. The van der Waals surface area contributed by atoms with Gasteiger partial charge in [0.1, 0.15) is 0 Å². The minimum atomic E-state index is -0.425. The lowest BCUT2D eigenvalue weighted by Gasteiger charge is -2.28. The fourth-order valence-corrected chi connectivity index (χ4v) is 3.09. The van der Waals surface area contributed by atoms with Crippen molar-refractivity contribution in [3.05, 3.63) is 35.9 Å². The van der Waals surface area contributed by atoms with Crippen LogP contribution in [0.5, 0.6) is 0 Å². The fourth-order valence-electron chi connectivity index (χ4n) is 3.09. The summed E-state index contributed by atoms with van der Waals surface area (Å²) in [4.78, 5) is 14.2. The third-order valence-corrected chi connectivity index (χ3v) is 4.25. The van der Waals surface area contributed by atoms with Crippen LogP contribution in [0.2, 0.25) is 0 Å². The normalized spacial score (nSPS) is 16.9. The Kier molecular flexibility index (Phi) is 7.76. The van der Waals surface area contributed by atoms with E-state index in [-0.39, 0.29) is 18.3 Å². The third kappa shape index (κ3) is 5.68. The first kappa shape index (κ1) is 18.0. The van der Waals surface area contributed by atoms with Gasteiger partial charge in [-0.1, -0.05) is 49.6 Å². The molecular weight excluding hydrogens is 284 g/mol. The zero-order valence-corrected chi connectivity index (χ0v) is 13.6. The average Bonchev–Trinajstić information content (AvgIpc) is 2.48. The number of benzene rings is 1. The van der Waals surface area contributed by atoms with Gasteiger partial charge in [0, 0.05) is 13.6 Å². The van der Waals surface area contributed by atoms with Gasteiger partial charge < -0.3 is 10.6 Å². The van der Waals surface area contributed by atoms with E-state index in [9.17, 15) is 4.79 Å². The number of likely N-dealkylation sites (N-methyl/N-ethyl adjacent to an activating group) is 1. The Bertz CT molecular complexity index is 418. The molecule has 4 heteroatoms. The monoisotopic (exact) mass is 310 g/mol. The molecule has 2 rings (SSSR count). The number of rotatable bonds is 5. The first-order chi connectivity index (χ1) is 9.66. The molecule has 1 saturated carbocycles. The molecule has 0 aliphatic heterocycles. The Morgan fingerprint density at radius 3 is 2.48 bits per heavy atom. The number of nitrogens with zero attached hydrogens (tertiary/aromatic N) is 1. The lowest BCUT2D eigenvalue weighted by Crippen LogP contribution is -2.44. The van der Waals surface area contributed by atoms with Gasteiger partial charge in [-0.05, 0) is 30.7 Å². The van der Waals surface area contributed by atoms with Gasteiger partial charge in [0.05, 0.1) is 6.04 Å². The topological polar surface area (TPSA) is 46.3 Å². The summed E-state index contributed by atoms with van der Waals surface area (Å²) in [6.45, 7) is 0.862. The maximum atomic E-state index is 12.3.